The first-order valence-electron chi connectivity index (χ1n) is 8.28. The number of fused-ring (bicyclic) bond motifs is 1. The number of carbonyl (C=O) groups excluding carboxylic acids is 2. The molecule has 0 saturated heterocycles. The maximum absolute atomic E-state index is 12.3. The Hall–Kier alpha value is -2.27. The molecule has 2 amide bonds. The normalized spacial score (nSPS) is 13.2. The summed E-state index contributed by atoms with van der Waals surface area (Å²) in [5.41, 5.74) is 1.75. The van der Waals surface area contributed by atoms with Gasteiger partial charge in [-0.05, 0) is 50.6 Å². The van der Waals surface area contributed by atoms with Gasteiger partial charge in [0.15, 0.2) is 0 Å². The van der Waals surface area contributed by atoms with Crippen LogP contribution in [0.1, 0.15) is 26.3 Å². The molecular weight excluding hydrogens is 340 g/mol. The number of nitrogens with zero attached hydrogens (tertiary/aromatic N) is 1. The Labute approximate surface area is 153 Å². The number of halogens is 1. The average molecular weight is 363 g/mol. The van der Waals surface area contributed by atoms with Gasteiger partial charge < -0.3 is 15.0 Å². The highest BCUT2D eigenvalue weighted by Crippen LogP contribution is 2.29. The van der Waals surface area contributed by atoms with Crippen molar-refractivity contribution in [1.29, 1.82) is 0 Å². The summed E-state index contributed by atoms with van der Waals surface area (Å²) in [6, 6.07) is 5.47. The number of amides is 2. The summed E-state index contributed by atoms with van der Waals surface area (Å²) < 4.78 is 5.65. The van der Waals surface area contributed by atoms with Crippen LogP contribution in [0.3, 0.4) is 0 Å². The van der Waals surface area contributed by atoms with E-state index in [-0.39, 0.29) is 24.4 Å². The van der Waals surface area contributed by atoms with E-state index in [0.717, 1.165) is 16.9 Å². The van der Waals surface area contributed by atoms with Crippen LogP contribution in [0, 0.1) is 0 Å². The van der Waals surface area contributed by atoms with E-state index in [2.05, 4.69) is 5.32 Å². The fraction of sp³-hybridized carbons (Fsp3) is 0.368. The van der Waals surface area contributed by atoms with Gasteiger partial charge in [0.2, 0.25) is 11.8 Å². The van der Waals surface area contributed by atoms with Gasteiger partial charge in [0.1, 0.15) is 12.4 Å². The number of rotatable bonds is 6. The summed E-state index contributed by atoms with van der Waals surface area (Å²) >= 11 is 6.00. The highest BCUT2D eigenvalue weighted by Gasteiger charge is 2.15. The van der Waals surface area contributed by atoms with Crippen LogP contribution in [-0.4, -0.2) is 42.5 Å². The molecule has 0 unspecified atom stereocenters. The Bertz CT molecular complexity index is 711. The number of likely N-dealkylation sites (N-methyl/N-ethyl adjacent to an activating group) is 1. The van der Waals surface area contributed by atoms with Crippen molar-refractivity contribution in [3.05, 3.63) is 46.5 Å². The van der Waals surface area contributed by atoms with E-state index in [9.17, 15) is 9.59 Å². The summed E-state index contributed by atoms with van der Waals surface area (Å²) in [4.78, 5) is 25.6. The number of ether oxygens (including phenoxy) is 1. The molecule has 1 aliphatic rings. The quantitative estimate of drug-likeness (QED) is 0.791. The highest BCUT2D eigenvalue weighted by atomic mass is 35.5. The first-order valence-corrected chi connectivity index (χ1v) is 8.66. The minimum atomic E-state index is -0.209. The topological polar surface area (TPSA) is 58.6 Å². The highest BCUT2D eigenvalue weighted by molar-refractivity contribution is 6.30. The fourth-order valence-electron chi connectivity index (χ4n) is 2.43. The smallest absolute Gasteiger partial charge is 0.247 e. The Morgan fingerprint density at radius 1 is 1.40 bits per heavy atom. The Morgan fingerprint density at radius 3 is 2.84 bits per heavy atom. The third-order valence-electron chi connectivity index (χ3n) is 3.62. The van der Waals surface area contributed by atoms with Crippen LogP contribution in [0.4, 0.5) is 0 Å². The van der Waals surface area contributed by atoms with Crippen molar-refractivity contribution in [3.63, 3.8) is 0 Å². The molecule has 0 atom stereocenters. The van der Waals surface area contributed by atoms with E-state index in [0.29, 0.717) is 18.2 Å². The van der Waals surface area contributed by atoms with E-state index in [1.165, 1.54) is 11.0 Å². The van der Waals surface area contributed by atoms with Crippen molar-refractivity contribution in [2.24, 2.45) is 0 Å². The number of hydrogen-bond donors (Lipinski definition) is 1. The summed E-state index contributed by atoms with van der Waals surface area (Å²) in [6.45, 7) is 6.51. The lowest BCUT2D eigenvalue weighted by atomic mass is 10.1. The van der Waals surface area contributed by atoms with E-state index < -0.39 is 0 Å². The monoisotopic (exact) mass is 362 g/mol. The fourth-order valence-corrected chi connectivity index (χ4v) is 2.61. The molecule has 0 aromatic heterocycles. The molecule has 1 N–H and O–H groups in total. The Morgan fingerprint density at radius 2 is 2.16 bits per heavy atom. The first kappa shape index (κ1) is 19.1. The van der Waals surface area contributed by atoms with Gasteiger partial charge in [-0.15, -0.1) is 0 Å². The lowest BCUT2D eigenvalue weighted by Gasteiger charge is -2.20. The molecule has 5 nitrogen and oxygen atoms in total. The maximum atomic E-state index is 12.3. The van der Waals surface area contributed by atoms with E-state index >= 15 is 0 Å². The van der Waals surface area contributed by atoms with Gasteiger partial charge in [0, 0.05) is 29.2 Å². The molecule has 6 heteroatoms. The molecule has 0 fully saturated rings. The van der Waals surface area contributed by atoms with Gasteiger partial charge in [-0.2, -0.15) is 0 Å². The van der Waals surface area contributed by atoms with Crippen LogP contribution in [0.2, 0.25) is 5.02 Å². The Balaban J connectivity index is 2.02. The van der Waals surface area contributed by atoms with Crippen LogP contribution in [0.25, 0.3) is 6.08 Å². The molecule has 2 rings (SSSR count). The second kappa shape index (κ2) is 8.72. The number of hydrogen-bond acceptors (Lipinski definition) is 3. The third-order valence-corrected chi connectivity index (χ3v) is 3.86. The van der Waals surface area contributed by atoms with Crippen LogP contribution in [0.5, 0.6) is 5.75 Å². The van der Waals surface area contributed by atoms with Crippen LogP contribution >= 0.6 is 11.6 Å². The second-order valence-corrected chi connectivity index (χ2v) is 6.53. The van der Waals surface area contributed by atoms with Crippen molar-refractivity contribution in [2.45, 2.75) is 26.8 Å². The molecule has 0 radical (unpaired) electrons. The molecule has 1 aromatic rings. The second-order valence-electron chi connectivity index (χ2n) is 6.10. The molecular formula is C19H23ClN2O3. The zero-order chi connectivity index (χ0) is 18.4. The summed E-state index contributed by atoms with van der Waals surface area (Å²) in [5, 5.41) is 3.42. The minimum Gasteiger partial charge on any atom is -0.488 e. The first-order chi connectivity index (χ1) is 11.9. The van der Waals surface area contributed by atoms with Gasteiger partial charge in [-0.1, -0.05) is 17.7 Å². The number of benzene rings is 1. The van der Waals surface area contributed by atoms with Crippen molar-refractivity contribution in [3.8, 4) is 5.75 Å². The molecule has 1 aliphatic heterocycles. The van der Waals surface area contributed by atoms with Gasteiger partial charge >= 0.3 is 0 Å². The van der Waals surface area contributed by atoms with E-state index in [1.54, 1.807) is 12.1 Å². The lowest BCUT2D eigenvalue weighted by Crippen LogP contribution is -2.42. The molecule has 1 heterocycles. The summed E-state index contributed by atoms with van der Waals surface area (Å²) in [6.07, 6.45) is 5.13. The largest absolute Gasteiger partial charge is 0.488 e. The van der Waals surface area contributed by atoms with Gasteiger partial charge in [-0.3, -0.25) is 9.59 Å². The third kappa shape index (κ3) is 5.64. The minimum absolute atomic E-state index is 0.0475. The van der Waals surface area contributed by atoms with Crippen LogP contribution in [0.15, 0.2) is 35.9 Å². The Kier molecular flexibility index (Phi) is 6.65. The summed E-state index contributed by atoms with van der Waals surface area (Å²) in [7, 11) is 0. The average Bonchev–Trinajstić information content (AvgIpc) is 2.56. The van der Waals surface area contributed by atoms with E-state index in [4.69, 9.17) is 16.3 Å². The molecule has 1 aromatic carbocycles. The number of nitrogens with one attached hydrogen (secondary N) is 1. The molecule has 0 aliphatic carbocycles. The summed E-state index contributed by atoms with van der Waals surface area (Å²) in [5.74, 6) is 0.398. The lowest BCUT2D eigenvalue weighted by molar-refractivity contribution is -0.132. The van der Waals surface area contributed by atoms with Gasteiger partial charge in [0.25, 0.3) is 0 Å². The molecule has 25 heavy (non-hydrogen) atoms. The van der Waals surface area contributed by atoms with Crippen molar-refractivity contribution >= 4 is 29.5 Å². The van der Waals surface area contributed by atoms with E-state index in [1.807, 2.05) is 39.0 Å². The molecule has 134 valence electrons. The van der Waals surface area contributed by atoms with Crippen LogP contribution in [-0.2, 0) is 9.59 Å². The van der Waals surface area contributed by atoms with Crippen molar-refractivity contribution in [2.75, 3.05) is 19.7 Å². The zero-order valence-electron chi connectivity index (χ0n) is 14.7. The van der Waals surface area contributed by atoms with Crippen molar-refractivity contribution in [1.82, 2.24) is 10.2 Å². The predicted octanol–water partition coefficient (Wildman–Crippen LogP) is 3.05. The molecule has 0 saturated carbocycles. The SMILES string of the molecule is CCN(CC(=O)NC(C)C)C(=O)/C=C/C1=Cc2cc(Cl)ccc2OC1. The maximum Gasteiger partial charge on any atom is 0.247 e. The number of carbonyl (C=O) groups is 2. The zero-order valence-corrected chi connectivity index (χ0v) is 15.5. The standard InChI is InChI=1S/C19H23ClN2O3/c1-4-22(11-18(23)21-13(2)3)19(24)8-5-14-9-15-10-16(20)6-7-17(15)25-12-14/h5-10,13H,4,11-12H2,1-3H3,(H,21,23)/b8-5+. The molecule has 0 bridgehead atoms. The van der Waals surface area contributed by atoms with Gasteiger partial charge in [0.05, 0.1) is 6.54 Å². The van der Waals surface area contributed by atoms with Crippen molar-refractivity contribution < 1.29 is 14.3 Å². The predicted molar refractivity (Wildman–Crippen MR) is 99.6 cm³/mol. The van der Waals surface area contributed by atoms with Crippen LogP contribution < -0.4 is 10.1 Å². The van der Waals surface area contributed by atoms with Gasteiger partial charge in [-0.25, -0.2) is 0 Å². The molecule has 0 spiro atoms.